The van der Waals surface area contributed by atoms with Crippen molar-refractivity contribution in [3.05, 3.63) is 48.5 Å². The van der Waals surface area contributed by atoms with E-state index in [0.29, 0.717) is 35.1 Å². The van der Waals surface area contributed by atoms with Gasteiger partial charge in [0.25, 0.3) is 0 Å². The zero-order valence-corrected chi connectivity index (χ0v) is 14.2. The fourth-order valence-corrected chi connectivity index (χ4v) is 2.69. The topological polar surface area (TPSA) is 101 Å². The third kappa shape index (κ3) is 2.79. The van der Waals surface area contributed by atoms with Crippen LogP contribution in [0.25, 0.3) is 22.4 Å². The van der Waals surface area contributed by atoms with E-state index in [4.69, 9.17) is 9.47 Å². The van der Waals surface area contributed by atoms with E-state index < -0.39 is 0 Å². The van der Waals surface area contributed by atoms with Gasteiger partial charge in [0.2, 0.25) is 5.82 Å². The van der Waals surface area contributed by atoms with Crippen molar-refractivity contribution >= 4 is 10.9 Å². The van der Waals surface area contributed by atoms with Gasteiger partial charge in [-0.1, -0.05) is 6.07 Å². The molecule has 0 fully saturated rings. The zero-order chi connectivity index (χ0) is 17.9. The summed E-state index contributed by atoms with van der Waals surface area (Å²) < 4.78 is 12.4. The molecule has 0 atom stereocenters. The molecule has 0 aliphatic heterocycles. The van der Waals surface area contributed by atoms with Gasteiger partial charge in [-0.2, -0.15) is 0 Å². The van der Waals surface area contributed by atoms with Gasteiger partial charge in [0, 0.05) is 17.6 Å². The summed E-state index contributed by atoms with van der Waals surface area (Å²) in [5.41, 5.74) is 2.16. The number of hydrogen-bond donors (Lipinski definition) is 0. The lowest BCUT2D eigenvalue weighted by atomic mass is 10.1. The Balaban J connectivity index is 1.84. The van der Waals surface area contributed by atoms with Crippen LogP contribution in [-0.2, 0) is 6.54 Å². The van der Waals surface area contributed by atoms with Gasteiger partial charge in [-0.3, -0.25) is 4.98 Å². The molecule has 0 saturated carbocycles. The molecule has 0 N–H and O–H groups in total. The maximum absolute atomic E-state index is 5.39. The lowest BCUT2D eigenvalue weighted by molar-refractivity contribution is 0.356. The fourth-order valence-electron chi connectivity index (χ4n) is 2.69. The first-order valence-electron chi connectivity index (χ1n) is 7.83. The van der Waals surface area contributed by atoms with E-state index >= 15 is 0 Å². The van der Waals surface area contributed by atoms with E-state index in [-0.39, 0.29) is 0 Å². The molecule has 26 heavy (non-hydrogen) atoms. The molecular weight excluding hydrogens is 334 g/mol. The van der Waals surface area contributed by atoms with Gasteiger partial charge < -0.3 is 9.47 Å². The normalized spacial score (nSPS) is 10.8. The number of pyridine rings is 1. The maximum Gasteiger partial charge on any atom is 0.201 e. The van der Waals surface area contributed by atoms with Gasteiger partial charge in [0.1, 0.15) is 12.0 Å². The molecule has 0 bridgehead atoms. The Morgan fingerprint density at radius 2 is 1.85 bits per heavy atom. The molecule has 0 radical (unpaired) electrons. The number of fused-ring (bicyclic) bond motifs is 1. The van der Waals surface area contributed by atoms with Crippen molar-refractivity contribution in [1.82, 2.24) is 35.2 Å². The monoisotopic (exact) mass is 349 g/mol. The molecule has 3 heterocycles. The second kappa shape index (κ2) is 6.71. The first-order valence-corrected chi connectivity index (χ1v) is 7.83. The van der Waals surface area contributed by atoms with Crippen molar-refractivity contribution in [3.63, 3.8) is 0 Å². The van der Waals surface area contributed by atoms with E-state index in [1.165, 1.54) is 6.33 Å². The Morgan fingerprint density at radius 3 is 2.62 bits per heavy atom. The van der Waals surface area contributed by atoms with E-state index in [0.717, 1.165) is 11.1 Å². The molecule has 4 aromatic rings. The Bertz CT molecular complexity index is 1050. The van der Waals surface area contributed by atoms with Gasteiger partial charge >= 0.3 is 0 Å². The average molecular weight is 349 g/mol. The van der Waals surface area contributed by atoms with Gasteiger partial charge in [-0.15, -0.1) is 5.10 Å². The molecule has 130 valence electrons. The zero-order valence-electron chi connectivity index (χ0n) is 14.2. The summed E-state index contributed by atoms with van der Waals surface area (Å²) >= 11 is 0. The van der Waals surface area contributed by atoms with Crippen molar-refractivity contribution in [3.8, 4) is 23.0 Å². The van der Waals surface area contributed by atoms with Crippen molar-refractivity contribution in [2.24, 2.45) is 0 Å². The summed E-state index contributed by atoms with van der Waals surface area (Å²) in [5.74, 6) is 1.70. The molecule has 9 heteroatoms. The van der Waals surface area contributed by atoms with Crippen molar-refractivity contribution in [1.29, 1.82) is 0 Å². The van der Waals surface area contributed by atoms with Crippen LogP contribution in [0.3, 0.4) is 0 Å². The molecule has 4 rings (SSSR count). The minimum atomic E-state index is 0.432. The van der Waals surface area contributed by atoms with Gasteiger partial charge in [-0.25, -0.2) is 14.6 Å². The molecule has 0 aliphatic rings. The van der Waals surface area contributed by atoms with Crippen molar-refractivity contribution < 1.29 is 9.47 Å². The number of benzene rings is 1. The Kier molecular flexibility index (Phi) is 4.10. The third-order valence-corrected chi connectivity index (χ3v) is 3.92. The second-order valence-electron chi connectivity index (χ2n) is 5.43. The predicted molar refractivity (Wildman–Crippen MR) is 92.8 cm³/mol. The number of methoxy groups -OCH3 is 2. The molecular formula is C17H15N7O2. The summed E-state index contributed by atoms with van der Waals surface area (Å²) in [4.78, 5) is 13.0. The van der Waals surface area contributed by atoms with Crippen LogP contribution < -0.4 is 9.47 Å². The molecule has 3 aromatic heterocycles. The summed E-state index contributed by atoms with van der Waals surface area (Å²) in [6.45, 7) is 0.432. The quantitative estimate of drug-likeness (QED) is 0.537. The van der Waals surface area contributed by atoms with Crippen molar-refractivity contribution in [2.75, 3.05) is 14.2 Å². The fraction of sp³-hybridized carbons (Fsp3) is 0.176. The average Bonchev–Trinajstić information content (AvgIpc) is 3.15. The summed E-state index contributed by atoms with van der Waals surface area (Å²) in [7, 11) is 3.16. The first-order chi connectivity index (χ1) is 12.8. The standard InChI is InChI=1S/C17H15N7O2/c1-25-14-7-12-13(8-15(14)26-2)19-10-20-16(12)17-21-22-23-24(17)9-11-5-3-4-6-18-11/h3-8,10H,9H2,1-2H3. The van der Waals surface area contributed by atoms with Gasteiger partial charge in [-0.05, 0) is 28.6 Å². The SMILES string of the molecule is COc1cc2ncnc(-c3nnnn3Cc3ccccn3)c2cc1OC. The molecule has 0 amide bonds. The maximum atomic E-state index is 5.39. The highest BCUT2D eigenvalue weighted by molar-refractivity contribution is 5.92. The predicted octanol–water partition coefficient (Wildman–Crippen LogP) is 1.74. The summed E-state index contributed by atoms with van der Waals surface area (Å²) in [6, 6.07) is 9.32. The highest BCUT2D eigenvalue weighted by Gasteiger charge is 2.17. The smallest absolute Gasteiger partial charge is 0.201 e. The summed E-state index contributed by atoms with van der Waals surface area (Å²) in [6.07, 6.45) is 3.21. The Morgan fingerprint density at radius 1 is 1.00 bits per heavy atom. The van der Waals surface area contributed by atoms with Crippen LogP contribution in [-0.4, -0.2) is 49.4 Å². The third-order valence-electron chi connectivity index (χ3n) is 3.92. The van der Waals surface area contributed by atoms with Crippen LogP contribution in [0.5, 0.6) is 11.5 Å². The molecule has 0 unspecified atom stereocenters. The lowest BCUT2D eigenvalue weighted by Crippen LogP contribution is -2.07. The molecule has 0 saturated heterocycles. The number of nitrogens with zero attached hydrogens (tertiary/aromatic N) is 7. The molecule has 0 aliphatic carbocycles. The minimum Gasteiger partial charge on any atom is -0.493 e. The Hall–Kier alpha value is -3.62. The van der Waals surface area contributed by atoms with Crippen LogP contribution in [0.15, 0.2) is 42.9 Å². The van der Waals surface area contributed by atoms with E-state index in [1.54, 1.807) is 31.2 Å². The molecule has 0 spiro atoms. The first kappa shape index (κ1) is 15.9. The highest BCUT2D eigenvalue weighted by Crippen LogP contribution is 2.34. The van der Waals surface area contributed by atoms with Crippen LogP contribution in [0.2, 0.25) is 0 Å². The van der Waals surface area contributed by atoms with Crippen LogP contribution in [0.1, 0.15) is 5.69 Å². The lowest BCUT2D eigenvalue weighted by Gasteiger charge is -2.10. The number of ether oxygens (including phenoxy) is 2. The van der Waals surface area contributed by atoms with E-state index in [1.807, 2.05) is 24.3 Å². The molecule has 9 nitrogen and oxygen atoms in total. The van der Waals surface area contributed by atoms with E-state index in [9.17, 15) is 0 Å². The van der Waals surface area contributed by atoms with Crippen LogP contribution >= 0.6 is 0 Å². The minimum absolute atomic E-state index is 0.432. The largest absolute Gasteiger partial charge is 0.493 e. The number of aromatic nitrogens is 7. The number of tetrazole rings is 1. The second-order valence-corrected chi connectivity index (χ2v) is 5.43. The Labute approximate surface area is 148 Å². The van der Waals surface area contributed by atoms with Gasteiger partial charge in [0.15, 0.2) is 11.5 Å². The van der Waals surface area contributed by atoms with Gasteiger partial charge in [0.05, 0.1) is 32.0 Å². The number of hydrogen-bond acceptors (Lipinski definition) is 8. The summed E-state index contributed by atoms with van der Waals surface area (Å²) in [5, 5.41) is 12.8. The van der Waals surface area contributed by atoms with Crippen LogP contribution in [0.4, 0.5) is 0 Å². The van der Waals surface area contributed by atoms with E-state index in [2.05, 4.69) is 30.5 Å². The molecule has 1 aromatic carbocycles. The van der Waals surface area contributed by atoms with Crippen LogP contribution in [0, 0.1) is 0 Å². The van der Waals surface area contributed by atoms with Crippen molar-refractivity contribution in [2.45, 2.75) is 6.54 Å². The number of rotatable bonds is 5. The highest BCUT2D eigenvalue weighted by atomic mass is 16.5.